The molecule has 0 aliphatic heterocycles. The number of aryl methyl sites for hydroxylation is 2. The van der Waals surface area contributed by atoms with Crippen LogP contribution >= 0.6 is 0 Å². The van der Waals surface area contributed by atoms with Crippen LogP contribution in [0, 0.1) is 0 Å². The van der Waals surface area contributed by atoms with E-state index in [0.29, 0.717) is 0 Å². The Kier molecular flexibility index (Phi) is 2.07. The Hall–Kier alpha value is -2.02. The highest BCUT2D eigenvalue weighted by atomic mass is 16.3. The van der Waals surface area contributed by atoms with E-state index in [9.17, 15) is 0 Å². The molecule has 0 spiro atoms. The van der Waals surface area contributed by atoms with Crippen LogP contribution in [-0.2, 0) is 12.8 Å². The molecule has 3 aromatic rings. The minimum atomic E-state index is 1.04. The smallest absolute Gasteiger partial charge is 0.138 e. The van der Waals surface area contributed by atoms with Crippen LogP contribution in [0.2, 0.25) is 0 Å². The van der Waals surface area contributed by atoms with Crippen molar-refractivity contribution in [2.75, 3.05) is 0 Å². The van der Waals surface area contributed by atoms with Gasteiger partial charge in [0.15, 0.2) is 0 Å². The second-order valence-corrected chi connectivity index (χ2v) is 4.92. The fraction of sp³-hybridized carbons (Fsp3) is 0.176. The molecule has 0 saturated carbocycles. The van der Waals surface area contributed by atoms with Crippen LogP contribution in [0.5, 0.6) is 0 Å². The van der Waals surface area contributed by atoms with Gasteiger partial charge in [-0.3, -0.25) is 0 Å². The Balaban J connectivity index is 2.06. The molecule has 1 heteroatoms. The highest BCUT2D eigenvalue weighted by Gasteiger charge is 2.20. The Morgan fingerprint density at radius 1 is 0.833 bits per heavy atom. The lowest BCUT2D eigenvalue weighted by molar-refractivity contribution is 0.626. The zero-order valence-corrected chi connectivity index (χ0v) is 10.1. The Bertz CT molecular complexity index is 707. The summed E-state index contributed by atoms with van der Waals surface area (Å²) in [6.07, 6.45) is 3.54. The molecular formula is C17H14O. The number of rotatable bonds is 1. The zero-order chi connectivity index (χ0) is 11.9. The van der Waals surface area contributed by atoms with Crippen molar-refractivity contribution in [3.8, 4) is 11.3 Å². The average molecular weight is 234 g/mol. The van der Waals surface area contributed by atoms with Crippen LogP contribution in [0.15, 0.2) is 52.9 Å². The molecule has 4 rings (SSSR count). The van der Waals surface area contributed by atoms with Gasteiger partial charge in [0.25, 0.3) is 0 Å². The van der Waals surface area contributed by atoms with E-state index in [1.54, 1.807) is 0 Å². The number of benzene rings is 2. The minimum absolute atomic E-state index is 1.04. The summed E-state index contributed by atoms with van der Waals surface area (Å²) in [5, 5.41) is 1.36. The van der Waals surface area contributed by atoms with Gasteiger partial charge < -0.3 is 4.42 Å². The van der Waals surface area contributed by atoms with Crippen LogP contribution in [0.25, 0.3) is 22.3 Å². The molecule has 88 valence electrons. The second kappa shape index (κ2) is 3.74. The molecule has 0 amide bonds. The molecule has 0 saturated heterocycles. The molecule has 2 aromatic carbocycles. The lowest BCUT2D eigenvalue weighted by atomic mass is 9.90. The predicted molar refractivity (Wildman–Crippen MR) is 73.7 cm³/mol. The van der Waals surface area contributed by atoms with E-state index in [4.69, 9.17) is 4.42 Å². The first-order chi connectivity index (χ1) is 8.93. The Morgan fingerprint density at radius 3 is 2.61 bits per heavy atom. The van der Waals surface area contributed by atoms with Crippen molar-refractivity contribution in [1.29, 1.82) is 0 Å². The molecule has 1 aliphatic carbocycles. The lowest BCUT2D eigenvalue weighted by Gasteiger charge is -2.11. The molecule has 0 atom stereocenters. The molecule has 1 heterocycles. The lowest BCUT2D eigenvalue weighted by Crippen LogP contribution is -1.98. The van der Waals surface area contributed by atoms with Crippen LogP contribution in [0.3, 0.4) is 0 Å². The first kappa shape index (κ1) is 9.95. The predicted octanol–water partition coefficient (Wildman–Crippen LogP) is 4.59. The van der Waals surface area contributed by atoms with E-state index in [1.165, 1.54) is 34.9 Å². The topological polar surface area (TPSA) is 13.1 Å². The van der Waals surface area contributed by atoms with Crippen LogP contribution < -0.4 is 0 Å². The first-order valence-electron chi connectivity index (χ1n) is 6.52. The third-order valence-electron chi connectivity index (χ3n) is 3.81. The van der Waals surface area contributed by atoms with Gasteiger partial charge in [0.05, 0.1) is 0 Å². The maximum absolute atomic E-state index is 6.10. The molecule has 0 radical (unpaired) electrons. The standard InChI is InChI=1S/C17H14O/c1-2-6-13(7-3-1)17-14-10-4-8-12-9-5-11-15(18-17)16(12)14/h1-3,5-7,9,11H,4,8,10H2. The van der Waals surface area contributed by atoms with Crippen molar-refractivity contribution in [2.24, 2.45) is 0 Å². The van der Waals surface area contributed by atoms with Gasteiger partial charge >= 0.3 is 0 Å². The van der Waals surface area contributed by atoms with Gasteiger partial charge in [-0.1, -0.05) is 42.5 Å². The molecule has 0 unspecified atom stereocenters. The summed E-state index contributed by atoms with van der Waals surface area (Å²) >= 11 is 0. The number of hydrogen-bond acceptors (Lipinski definition) is 1. The van der Waals surface area contributed by atoms with Crippen molar-refractivity contribution >= 4 is 11.0 Å². The summed E-state index contributed by atoms with van der Waals surface area (Å²) < 4.78 is 6.10. The van der Waals surface area contributed by atoms with Gasteiger partial charge in [-0.2, -0.15) is 0 Å². The van der Waals surface area contributed by atoms with E-state index < -0.39 is 0 Å². The largest absolute Gasteiger partial charge is 0.456 e. The van der Waals surface area contributed by atoms with Gasteiger partial charge in [-0.15, -0.1) is 0 Å². The molecule has 0 N–H and O–H groups in total. The molecule has 0 fully saturated rings. The molecule has 1 aromatic heterocycles. The van der Waals surface area contributed by atoms with Gasteiger partial charge in [-0.05, 0) is 30.9 Å². The van der Waals surface area contributed by atoms with Gasteiger partial charge in [0.2, 0.25) is 0 Å². The molecule has 1 aliphatic rings. The summed E-state index contributed by atoms with van der Waals surface area (Å²) in [6.45, 7) is 0. The maximum atomic E-state index is 6.10. The number of hydrogen-bond donors (Lipinski definition) is 0. The fourth-order valence-corrected chi connectivity index (χ4v) is 3.01. The van der Waals surface area contributed by atoms with Crippen LogP contribution in [0.4, 0.5) is 0 Å². The maximum Gasteiger partial charge on any atom is 0.138 e. The van der Waals surface area contributed by atoms with Crippen molar-refractivity contribution < 1.29 is 4.42 Å². The highest BCUT2D eigenvalue weighted by Crippen LogP contribution is 2.39. The van der Waals surface area contributed by atoms with Crippen molar-refractivity contribution in [3.63, 3.8) is 0 Å². The molecule has 1 nitrogen and oxygen atoms in total. The summed E-state index contributed by atoms with van der Waals surface area (Å²) in [5.41, 5.74) is 5.08. The van der Waals surface area contributed by atoms with Crippen LogP contribution in [0.1, 0.15) is 17.5 Å². The molecule has 18 heavy (non-hydrogen) atoms. The molecule has 0 bridgehead atoms. The quantitative estimate of drug-likeness (QED) is 0.600. The van der Waals surface area contributed by atoms with Gasteiger partial charge in [0, 0.05) is 16.5 Å². The van der Waals surface area contributed by atoms with E-state index in [-0.39, 0.29) is 0 Å². The summed E-state index contributed by atoms with van der Waals surface area (Å²) in [5.74, 6) is 1.07. The van der Waals surface area contributed by atoms with E-state index >= 15 is 0 Å². The summed E-state index contributed by atoms with van der Waals surface area (Å²) in [4.78, 5) is 0. The highest BCUT2D eigenvalue weighted by molar-refractivity contribution is 5.91. The summed E-state index contributed by atoms with van der Waals surface area (Å²) in [7, 11) is 0. The Labute approximate surface area is 106 Å². The zero-order valence-electron chi connectivity index (χ0n) is 10.1. The normalized spacial score (nSPS) is 14.0. The average Bonchev–Trinajstić information content (AvgIpc) is 2.82. The third-order valence-corrected chi connectivity index (χ3v) is 3.81. The van der Waals surface area contributed by atoms with E-state index in [1.807, 2.05) is 6.07 Å². The van der Waals surface area contributed by atoms with Crippen molar-refractivity contribution in [3.05, 3.63) is 59.7 Å². The van der Waals surface area contributed by atoms with Gasteiger partial charge in [-0.25, -0.2) is 0 Å². The van der Waals surface area contributed by atoms with E-state index in [0.717, 1.165) is 17.8 Å². The summed E-state index contributed by atoms with van der Waals surface area (Å²) in [6, 6.07) is 16.9. The SMILES string of the molecule is c1ccc(-c2oc3cccc4c3c2CCC4)cc1. The first-order valence-corrected chi connectivity index (χ1v) is 6.52. The fourth-order valence-electron chi connectivity index (χ4n) is 3.01. The second-order valence-electron chi connectivity index (χ2n) is 4.92. The minimum Gasteiger partial charge on any atom is -0.456 e. The van der Waals surface area contributed by atoms with Crippen molar-refractivity contribution in [2.45, 2.75) is 19.3 Å². The number of furan rings is 1. The monoisotopic (exact) mass is 234 g/mol. The van der Waals surface area contributed by atoms with Gasteiger partial charge in [0.1, 0.15) is 11.3 Å². The van der Waals surface area contributed by atoms with E-state index in [2.05, 4.69) is 42.5 Å². The van der Waals surface area contributed by atoms with Crippen molar-refractivity contribution in [1.82, 2.24) is 0 Å². The Morgan fingerprint density at radius 2 is 1.72 bits per heavy atom. The third kappa shape index (κ3) is 1.34. The molecular weight excluding hydrogens is 220 g/mol. The van der Waals surface area contributed by atoms with Crippen LogP contribution in [-0.4, -0.2) is 0 Å².